The molecule has 0 bridgehead atoms. The molecule has 2 aromatic carbocycles. The van der Waals surface area contributed by atoms with E-state index in [1.54, 1.807) is 24.4 Å². The van der Waals surface area contributed by atoms with E-state index in [1.807, 2.05) is 10.9 Å². The molecular weight excluding hydrogens is 475 g/mol. The van der Waals surface area contributed by atoms with Gasteiger partial charge in [-0.05, 0) is 60.9 Å². The Morgan fingerprint density at radius 2 is 1.92 bits per heavy atom. The molecule has 7 nitrogen and oxygen atoms in total. The van der Waals surface area contributed by atoms with Crippen molar-refractivity contribution < 1.29 is 32.2 Å². The number of alkyl halides is 3. The Kier molecular flexibility index (Phi) is 6.19. The lowest BCUT2D eigenvalue weighted by atomic mass is 9.93. The summed E-state index contributed by atoms with van der Waals surface area (Å²) in [6.45, 7) is 0. The van der Waals surface area contributed by atoms with Gasteiger partial charge in [-0.3, -0.25) is 9.48 Å². The fourth-order valence-electron chi connectivity index (χ4n) is 4.55. The third-order valence-electron chi connectivity index (χ3n) is 6.73. The predicted octanol–water partition coefficient (Wildman–Crippen LogP) is 5.70. The number of nitrogens with zero attached hydrogens (tertiary/aromatic N) is 2. The molecule has 1 N–H and O–H groups in total. The number of carbonyl (C=O) groups is 2. The summed E-state index contributed by atoms with van der Waals surface area (Å²) in [7, 11) is 1.28. The van der Waals surface area contributed by atoms with E-state index in [2.05, 4.69) is 15.2 Å². The highest BCUT2D eigenvalue weighted by Crippen LogP contribution is 2.51. The summed E-state index contributed by atoms with van der Waals surface area (Å²) in [5, 5.41) is 7.20. The van der Waals surface area contributed by atoms with Gasteiger partial charge in [0.05, 0.1) is 24.9 Å². The fourth-order valence-corrected chi connectivity index (χ4v) is 4.55. The number of esters is 1. The van der Waals surface area contributed by atoms with Crippen molar-refractivity contribution in [3.63, 3.8) is 0 Å². The summed E-state index contributed by atoms with van der Waals surface area (Å²) in [5.74, 6) is -2.10. The van der Waals surface area contributed by atoms with Crippen LogP contribution in [0.25, 0.3) is 11.1 Å². The van der Waals surface area contributed by atoms with Gasteiger partial charge in [0, 0.05) is 23.4 Å². The minimum Gasteiger partial charge on any atom is -0.465 e. The largest absolute Gasteiger partial charge is 0.573 e. The Hall–Kier alpha value is -3.82. The van der Waals surface area contributed by atoms with Crippen LogP contribution in [0.4, 0.5) is 18.9 Å². The molecule has 2 aliphatic carbocycles. The number of ether oxygens (including phenoxy) is 2. The minimum atomic E-state index is -4.82. The van der Waals surface area contributed by atoms with Crippen molar-refractivity contribution in [1.29, 1.82) is 0 Å². The molecule has 3 aromatic rings. The van der Waals surface area contributed by atoms with Gasteiger partial charge in [-0.1, -0.05) is 24.3 Å². The van der Waals surface area contributed by atoms with Crippen LogP contribution in [0, 0.1) is 5.92 Å². The van der Waals surface area contributed by atoms with Crippen molar-refractivity contribution in [3.05, 3.63) is 66.0 Å². The number of nitrogens with one attached hydrogen (secondary N) is 1. The van der Waals surface area contributed by atoms with E-state index in [0.29, 0.717) is 29.3 Å². The van der Waals surface area contributed by atoms with Crippen LogP contribution < -0.4 is 10.1 Å². The van der Waals surface area contributed by atoms with Crippen LogP contribution in [0.5, 0.6) is 5.75 Å². The average molecular weight is 499 g/mol. The van der Waals surface area contributed by atoms with E-state index >= 15 is 0 Å². The molecule has 188 valence electrons. The smallest absolute Gasteiger partial charge is 0.465 e. The van der Waals surface area contributed by atoms with Gasteiger partial charge in [0.2, 0.25) is 5.91 Å². The van der Waals surface area contributed by atoms with Crippen molar-refractivity contribution in [1.82, 2.24) is 9.78 Å². The first-order chi connectivity index (χ1) is 17.2. The zero-order valence-electron chi connectivity index (χ0n) is 19.4. The number of methoxy groups -OCH3 is 1. The average Bonchev–Trinajstić information content (AvgIpc) is 3.47. The quantitative estimate of drug-likeness (QED) is 0.422. The lowest BCUT2D eigenvalue weighted by molar-refractivity contribution is -0.274. The van der Waals surface area contributed by atoms with Crippen LogP contribution in [0.1, 0.15) is 53.6 Å². The molecule has 0 aliphatic heterocycles. The number of carbonyl (C=O) groups excluding carboxylic acids is 2. The summed E-state index contributed by atoms with van der Waals surface area (Å²) >= 11 is 0. The second kappa shape index (κ2) is 9.33. The Morgan fingerprint density at radius 3 is 2.61 bits per heavy atom. The van der Waals surface area contributed by atoms with Crippen LogP contribution in [0.3, 0.4) is 0 Å². The molecule has 2 aliphatic rings. The lowest BCUT2D eigenvalue weighted by Crippen LogP contribution is -2.18. The molecule has 1 amide bonds. The molecule has 0 radical (unpaired) electrons. The van der Waals surface area contributed by atoms with E-state index in [0.717, 1.165) is 18.4 Å². The van der Waals surface area contributed by atoms with Crippen molar-refractivity contribution in [3.8, 4) is 16.9 Å². The van der Waals surface area contributed by atoms with Gasteiger partial charge in [-0.2, -0.15) is 5.10 Å². The monoisotopic (exact) mass is 499 g/mol. The first-order valence-electron chi connectivity index (χ1n) is 11.7. The maximum atomic E-state index is 12.9. The van der Waals surface area contributed by atoms with Crippen LogP contribution >= 0.6 is 0 Å². The summed E-state index contributed by atoms with van der Waals surface area (Å²) < 4.78 is 49.2. The Bertz CT molecular complexity index is 1300. The van der Waals surface area contributed by atoms with E-state index in [1.165, 1.54) is 37.8 Å². The highest BCUT2D eigenvalue weighted by Gasteiger charge is 2.46. The lowest BCUT2D eigenvalue weighted by Gasteiger charge is -2.25. The molecule has 2 unspecified atom stereocenters. The zero-order chi connectivity index (χ0) is 25.4. The van der Waals surface area contributed by atoms with Gasteiger partial charge in [0.25, 0.3) is 0 Å². The SMILES string of the molecule is COC(=O)c1cc(NC(=O)C2CC2c2ccccc2OC(F)(F)F)ccc1-c1cnn(C2CCC2)c1. The first kappa shape index (κ1) is 23.9. The molecule has 2 fully saturated rings. The maximum absolute atomic E-state index is 12.9. The van der Waals surface area contributed by atoms with Crippen molar-refractivity contribution in [2.45, 2.75) is 44.0 Å². The Labute approximate surface area is 205 Å². The molecular formula is C26H24F3N3O4. The van der Waals surface area contributed by atoms with Crippen molar-refractivity contribution in [2.75, 3.05) is 12.4 Å². The molecule has 0 spiro atoms. The number of hydrogen-bond donors (Lipinski definition) is 1. The molecule has 2 saturated carbocycles. The van der Waals surface area contributed by atoms with Crippen LogP contribution in [0.2, 0.25) is 0 Å². The summed E-state index contributed by atoms with van der Waals surface area (Å²) in [6, 6.07) is 11.2. The number of anilines is 1. The number of hydrogen-bond acceptors (Lipinski definition) is 5. The van der Waals surface area contributed by atoms with Gasteiger partial charge in [0.1, 0.15) is 5.75 Å². The van der Waals surface area contributed by atoms with Gasteiger partial charge in [-0.15, -0.1) is 13.2 Å². The van der Waals surface area contributed by atoms with Crippen LogP contribution in [0.15, 0.2) is 54.9 Å². The van der Waals surface area contributed by atoms with E-state index in [4.69, 9.17) is 4.74 Å². The highest BCUT2D eigenvalue weighted by atomic mass is 19.4. The van der Waals surface area contributed by atoms with Gasteiger partial charge in [0.15, 0.2) is 0 Å². The topological polar surface area (TPSA) is 82.4 Å². The molecule has 10 heteroatoms. The first-order valence-corrected chi connectivity index (χ1v) is 11.7. The Morgan fingerprint density at radius 1 is 1.14 bits per heavy atom. The number of rotatable bonds is 7. The predicted molar refractivity (Wildman–Crippen MR) is 124 cm³/mol. The van der Waals surface area contributed by atoms with Crippen LogP contribution in [-0.4, -0.2) is 35.1 Å². The zero-order valence-corrected chi connectivity index (χ0v) is 19.4. The summed E-state index contributed by atoms with van der Waals surface area (Å²) in [5.41, 5.74) is 2.40. The number of para-hydroxylation sites is 1. The molecule has 0 saturated heterocycles. The van der Waals surface area contributed by atoms with E-state index in [9.17, 15) is 22.8 Å². The van der Waals surface area contributed by atoms with Crippen molar-refractivity contribution in [2.24, 2.45) is 5.92 Å². The molecule has 5 rings (SSSR count). The Balaban J connectivity index is 1.32. The standard InChI is InChI=1S/C26H24F3N3O4/c1-35-25(34)22-11-16(9-10-18(22)15-13-30-32(14-15)17-5-4-6-17)31-24(33)21-12-20(21)19-7-2-3-8-23(19)36-26(27,28)29/h2-3,7-11,13-14,17,20-21H,4-6,12H2,1H3,(H,31,33). The molecule has 1 heterocycles. The fraction of sp³-hybridized carbons (Fsp3) is 0.346. The molecule has 2 atom stereocenters. The van der Waals surface area contributed by atoms with Gasteiger partial charge < -0.3 is 14.8 Å². The minimum absolute atomic E-state index is 0.278. The van der Waals surface area contributed by atoms with E-state index in [-0.39, 0.29) is 23.1 Å². The second-order valence-corrected chi connectivity index (χ2v) is 9.07. The third kappa shape index (κ3) is 4.93. The highest BCUT2D eigenvalue weighted by molar-refractivity contribution is 6.01. The second-order valence-electron chi connectivity index (χ2n) is 9.07. The number of amides is 1. The number of aromatic nitrogens is 2. The molecule has 1 aromatic heterocycles. The van der Waals surface area contributed by atoms with Crippen LogP contribution in [-0.2, 0) is 9.53 Å². The number of halogens is 3. The third-order valence-corrected chi connectivity index (χ3v) is 6.73. The maximum Gasteiger partial charge on any atom is 0.573 e. The van der Waals surface area contributed by atoms with E-state index < -0.39 is 18.2 Å². The summed E-state index contributed by atoms with van der Waals surface area (Å²) in [6.07, 6.45) is 2.50. The number of benzene rings is 2. The van der Waals surface area contributed by atoms with Gasteiger partial charge >= 0.3 is 12.3 Å². The van der Waals surface area contributed by atoms with Gasteiger partial charge in [-0.25, -0.2) is 4.79 Å². The normalized spacial score (nSPS) is 19.3. The van der Waals surface area contributed by atoms with Crippen molar-refractivity contribution >= 4 is 17.6 Å². The summed E-state index contributed by atoms with van der Waals surface area (Å²) in [4.78, 5) is 25.4. The molecule has 36 heavy (non-hydrogen) atoms.